The van der Waals surface area contributed by atoms with Crippen molar-refractivity contribution in [3.8, 4) is 11.5 Å². The molecule has 2 aromatic carbocycles. The molecule has 1 N–H and O–H groups in total. The van der Waals surface area contributed by atoms with Crippen molar-refractivity contribution in [3.63, 3.8) is 0 Å². The van der Waals surface area contributed by atoms with Gasteiger partial charge in [-0.3, -0.25) is 10.1 Å². The summed E-state index contributed by atoms with van der Waals surface area (Å²) >= 11 is 0. The molecule has 0 fully saturated rings. The number of ether oxygens (including phenoxy) is 1. The predicted octanol–water partition coefficient (Wildman–Crippen LogP) is 3.89. The van der Waals surface area contributed by atoms with Gasteiger partial charge in [-0.25, -0.2) is 4.39 Å². The molecule has 0 bridgehead atoms. The summed E-state index contributed by atoms with van der Waals surface area (Å²) in [5.41, 5.74) is 0.658. The van der Waals surface area contributed by atoms with Crippen LogP contribution in [0.3, 0.4) is 0 Å². The lowest BCUT2D eigenvalue weighted by molar-refractivity contribution is -0.385. The van der Waals surface area contributed by atoms with Gasteiger partial charge in [-0.05, 0) is 37.6 Å². The maximum absolute atomic E-state index is 13.9. The maximum Gasteiger partial charge on any atom is 0.276 e. The molecule has 0 aromatic heterocycles. The number of nitro groups is 1. The summed E-state index contributed by atoms with van der Waals surface area (Å²) in [5, 5.41) is 20.2. The second-order valence-electron chi connectivity index (χ2n) is 4.63. The van der Waals surface area contributed by atoms with Gasteiger partial charge in [0.15, 0.2) is 11.6 Å². The lowest BCUT2D eigenvalue weighted by Gasteiger charge is -2.11. The van der Waals surface area contributed by atoms with E-state index in [1.54, 1.807) is 0 Å². The number of nitrogens with zero attached hydrogens (tertiary/aromatic N) is 1. The number of hydrogen-bond donors (Lipinski definition) is 1. The zero-order valence-corrected chi connectivity index (χ0v) is 11.5. The molecule has 0 spiro atoms. The van der Waals surface area contributed by atoms with E-state index in [0.29, 0.717) is 11.1 Å². The van der Waals surface area contributed by atoms with Gasteiger partial charge in [-0.1, -0.05) is 12.1 Å². The fourth-order valence-corrected chi connectivity index (χ4v) is 1.89. The number of aliphatic hydroxyl groups is 1. The molecule has 1 atom stereocenters. The van der Waals surface area contributed by atoms with E-state index in [9.17, 15) is 19.6 Å². The largest absolute Gasteiger partial charge is 0.454 e. The molecular formula is C15H14FNO4. The smallest absolute Gasteiger partial charge is 0.276 e. The molecule has 1 unspecified atom stereocenters. The van der Waals surface area contributed by atoms with Crippen molar-refractivity contribution in [2.45, 2.75) is 20.0 Å². The van der Waals surface area contributed by atoms with Gasteiger partial charge in [0.1, 0.15) is 5.75 Å². The van der Waals surface area contributed by atoms with Crippen molar-refractivity contribution in [2.75, 3.05) is 0 Å². The van der Waals surface area contributed by atoms with E-state index in [0.717, 1.165) is 0 Å². The van der Waals surface area contributed by atoms with Crippen LogP contribution in [0.25, 0.3) is 0 Å². The first-order valence-electron chi connectivity index (χ1n) is 6.29. The van der Waals surface area contributed by atoms with Crippen LogP contribution in [-0.4, -0.2) is 10.0 Å². The highest BCUT2D eigenvalue weighted by atomic mass is 19.1. The van der Waals surface area contributed by atoms with Gasteiger partial charge in [0.2, 0.25) is 0 Å². The van der Waals surface area contributed by atoms with Crippen molar-refractivity contribution >= 4 is 5.69 Å². The summed E-state index contributed by atoms with van der Waals surface area (Å²) in [6, 6.07) is 8.46. The summed E-state index contributed by atoms with van der Waals surface area (Å²) in [4.78, 5) is 10.3. The summed E-state index contributed by atoms with van der Waals surface area (Å²) in [5.74, 6) is -0.477. The Morgan fingerprint density at radius 3 is 2.57 bits per heavy atom. The van der Waals surface area contributed by atoms with Crippen LogP contribution in [0.15, 0.2) is 36.4 Å². The first-order chi connectivity index (χ1) is 9.90. The Morgan fingerprint density at radius 2 is 2.00 bits per heavy atom. The van der Waals surface area contributed by atoms with E-state index in [4.69, 9.17) is 4.74 Å². The highest BCUT2D eigenvalue weighted by molar-refractivity contribution is 5.50. The minimum atomic E-state index is -0.784. The molecule has 0 saturated heterocycles. The van der Waals surface area contributed by atoms with Crippen molar-refractivity contribution in [2.24, 2.45) is 0 Å². The van der Waals surface area contributed by atoms with E-state index in [-0.39, 0.29) is 17.2 Å². The Kier molecular flexibility index (Phi) is 4.18. The third-order valence-corrected chi connectivity index (χ3v) is 3.11. The van der Waals surface area contributed by atoms with Crippen LogP contribution in [0.4, 0.5) is 10.1 Å². The van der Waals surface area contributed by atoms with E-state index < -0.39 is 16.8 Å². The molecule has 6 heteroatoms. The molecule has 0 aliphatic heterocycles. The molecular weight excluding hydrogens is 277 g/mol. The molecule has 0 aliphatic rings. The summed E-state index contributed by atoms with van der Waals surface area (Å²) in [7, 11) is 0. The van der Waals surface area contributed by atoms with Crippen molar-refractivity contribution in [1.82, 2.24) is 0 Å². The normalized spacial score (nSPS) is 12.0. The van der Waals surface area contributed by atoms with Crippen molar-refractivity contribution in [3.05, 3.63) is 63.5 Å². The SMILES string of the molecule is Cc1c(Oc2ccc(C(C)O)cc2F)cccc1[N+](=O)[O-]. The molecule has 2 rings (SSSR count). The van der Waals surface area contributed by atoms with Crippen LogP contribution in [-0.2, 0) is 0 Å². The van der Waals surface area contributed by atoms with Crippen LogP contribution in [0, 0.1) is 22.9 Å². The average Bonchev–Trinajstić information content (AvgIpc) is 2.42. The number of benzene rings is 2. The number of rotatable bonds is 4. The molecule has 2 aromatic rings. The van der Waals surface area contributed by atoms with Crippen LogP contribution in [0.2, 0.25) is 0 Å². The van der Waals surface area contributed by atoms with E-state index in [2.05, 4.69) is 0 Å². The van der Waals surface area contributed by atoms with Crippen molar-refractivity contribution < 1.29 is 19.2 Å². The highest BCUT2D eigenvalue weighted by Gasteiger charge is 2.16. The lowest BCUT2D eigenvalue weighted by Crippen LogP contribution is -1.97. The molecule has 21 heavy (non-hydrogen) atoms. The predicted molar refractivity (Wildman–Crippen MR) is 74.9 cm³/mol. The van der Waals surface area contributed by atoms with E-state index in [1.807, 2.05) is 0 Å². The number of nitro benzene ring substituents is 1. The highest BCUT2D eigenvalue weighted by Crippen LogP contribution is 2.32. The molecule has 0 radical (unpaired) electrons. The molecule has 0 saturated carbocycles. The standard InChI is InChI=1S/C15H14FNO4/c1-9-13(17(19)20)4-3-5-14(9)21-15-7-6-11(10(2)18)8-12(15)16/h3-8,10,18H,1-2H3. The Bertz CT molecular complexity index is 685. The third-order valence-electron chi connectivity index (χ3n) is 3.11. The van der Waals surface area contributed by atoms with Gasteiger partial charge < -0.3 is 9.84 Å². The van der Waals surface area contributed by atoms with Gasteiger partial charge in [0.05, 0.1) is 16.6 Å². The quantitative estimate of drug-likeness (QED) is 0.685. The number of hydrogen-bond acceptors (Lipinski definition) is 4. The van der Waals surface area contributed by atoms with Crippen LogP contribution in [0.1, 0.15) is 24.2 Å². The zero-order chi connectivity index (χ0) is 15.6. The molecule has 5 nitrogen and oxygen atoms in total. The minimum absolute atomic E-state index is 0.0528. The van der Waals surface area contributed by atoms with Crippen LogP contribution in [0.5, 0.6) is 11.5 Å². The Labute approximate surface area is 120 Å². The Balaban J connectivity index is 2.35. The van der Waals surface area contributed by atoms with E-state index >= 15 is 0 Å². The monoisotopic (exact) mass is 291 g/mol. The van der Waals surface area contributed by atoms with Gasteiger partial charge in [-0.2, -0.15) is 0 Å². The first kappa shape index (κ1) is 14.9. The summed E-state index contributed by atoms with van der Waals surface area (Å²) in [6.07, 6.45) is -0.784. The van der Waals surface area contributed by atoms with Gasteiger partial charge in [0, 0.05) is 6.07 Å². The molecule has 110 valence electrons. The summed E-state index contributed by atoms with van der Waals surface area (Å²) in [6.45, 7) is 3.07. The maximum atomic E-state index is 13.9. The Hall–Kier alpha value is -2.47. The van der Waals surface area contributed by atoms with E-state index in [1.165, 1.54) is 50.2 Å². The second-order valence-corrected chi connectivity index (χ2v) is 4.63. The molecule has 0 heterocycles. The summed E-state index contributed by atoms with van der Waals surface area (Å²) < 4.78 is 19.3. The topological polar surface area (TPSA) is 72.6 Å². The first-order valence-corrected chi connectivity index (χ1v) is 6.29. The number of aliphatic hydroxyl groups excluding tert-OH is 1. The second kappa shape index (κ2) is 5.88. The van der Waals surface area contributed by atoms with Crippen molar-refractivity contribution in [1.29, 1.82) is 0 Å². The average molecular weight is 291 g/mol. The van der Waals surface area contributed by atoms with Gasteiger partial charge in [0.25, 0.3) is 5.69 Å². The lowest BCUT2D eigenvalue weighted by atomic mass is 10.1. The molecule has 0 amide bonds. The number of halogens is 1. The minimum Gasteiger partial charge on any atom is -0.454 e. The Morgan fingerprint density at radius 1 is 1.29 bits per heavy atom. The van der Waals surface area contributed by atoms with Gasteiger partial charge >= 0.3 is 0 Å². The fourth-order valence-electron chi connectivity index (χ4n) is 1.89. The molecule has 0 aliphatic carbocycles. The van der Waals surface area contributed by atoms with Gasteiger partial charge in [-0.15, -0.1) is 0 Å². The zero-order valence-electron chi connectivity index (χ0n) is 11.5. The van der Waals surface area contributed by atoms with Crippen LogP contribution < -0.4 is 4.74 Å². The van der Waals surface area contributed by atoms with Crippen LogP contribution >= 0.6 is 0 Å². The third kappa shape index (κ3) is 3.17. The fraction of sp³-hybridized carbons (Fsp3) is 0.200.